The summed E-state index contributed by atoms with van der Waals surface area (Å²) in [5, 5.41) is 2.84. The Morgan fingerprint density at radius 2 is 2.03 bits per heavy atom. The molecule has 2 aromatic carbocycles. The van der Waals surface area contributed by atoms with Crippen molar-refractivity contribution in [3.05, 3.63) is 89.0 Å². The van der Waals surface area contributed by atoms with Crippen LogP contribution in [0.4, 0.5) is 4.39 Å². The molecule has 1 aromatic heterocycles. The van der Waals surface area contributed by atoms with Gasteiger partial charge in [-0.1, -0.05) is 12.1 Å². The van der Waals surface area contributed by atoms with Crippen LogP contribution >= 0.6 is 0 Å². The summed E-state index contributed by atoms with van der Waals surface area (Å²) in [7, 11) is 0. The molecule has 3 aromatic rings. The Bertz CT molecular complexity index is 1210. The van der Waals surface area contributed by atoms with Crippen LogP contribution in [0.1, 0.15) is 34.1 Å². The van der Waals surface area contributed by atoms with Crippen LogP contribution in [0.3, 0.4) is 0 Å². The van der Waals surface area contributed by atoms with Gasteiger partial charge >= 0.3 is 0 Å². The Labute approximate surface area is 186 Å². The summed E-state index contributed by atoms with van der Waals surface area (Å²) in [6.07, 6.45) is 5.07. The fourth-order valence-electron chi connectivity index (χ4n) is 3.77. The van der Waals surface area contributed by atoms with Crippen molar-refractivity contribution in [2.24, 2.45) is 0 Å². The minimum atomic E-state index is -0.414. The van der Waals surface area contributed by atoms with Crippen molar-refractivity contribution in [1.29, 1.82) is 0 Å². The Kier molecular flexibility index (Phi) is 6.12. The molecule has 0 saturated heterocycles. The van der Waals surface area contributed by atoms with E-state index in [1.165, 1.54) is 25.1 Å². The van der Waals surface area contributed by atoms with Crippen LogP contribution in [0.2, 0.25) is 0 Å². The number of ether oxygens (including phenoxy) is 1. The lowest BCUT2D eigenvalue weighted by Gasteiger charge is -2.14. The second kappa shape index (κ2) is 9.14. The normalized spacial score (nSPS) is 14.8. The van der Waals surface area contributed by atoms with Crippen LogP contribution in [0.15, 0.2) is 60.8 Å². The molecule has 5 nitrogen and oxygen atoms in total. The van der Waals surface area contributed by atoms with E-state index in [4.69, 9.17) is 4.74 Å². The molecule has 1 amide bonds. The average molecular weight is 430 g/mol. The number of nitrogens with zero attached hydrogens (tertiary/aromatic N) is 1. The van der Waals surface area contributed by atoms with Crippen LogP contribution in [-0.2, 0) is 11.2 Å². The van der Waals surface area contributed by atoms with Gasteiger partial charge in [-0.05, 0) is 67.4 Å². The molecule has 1 atom stereocenters. The van der Waals surface area contributed by atoms with Gasteiger partial charge in [0.25, 0.3) is 0 Å². The van der Waals surface area contributed by atoms with E-state index in [9.17, 15) is 14.0 Å². The molecule has 2 heterocycles. The van der Waals surface area contributed by atoms with Gasteiger partial charge in [0.2, 0.25) is 5.91 Å². The zero-order valence-corrected chi connectivity index (χ0v) is 17.9. The number of aromatic nitrogens is 1. The summed E-state index contributed by atoms with van der Waals surface area (Å²) >= 11 is 0. The van der Waals surface area contributed by atoms with Crippen molar-refractivity contribution in [1.82, 2.24) is 10.3 Å². The van der Waals surface area contributed by atoms with E-state index in [2.05, 4.69) is 10.3 Å². The highest BCUT2D eigenvalue weighted by Crippen LogP contribution is 2.41. The zero-order valence-electron chi connectivity index (χ0n) is 17.9. The molecule has 1 aliphatic rings. The fraction of sp³-hybridized carbons (Fsp3) is 0.192. The third-order valence-corrected chi connectivity index (χ3v) is 5.30. The molecule has 0 aliphatic carbocycles. The highest BCUT2D eigenvalue weighted by Gasteiger charge is 2.27. The molecule has 0 unspecified atom stereocenters. The van der Waals surface area contributed by atoms with Crippen molar-refractivity contribution in [2.45, 2.75) is 26.4 Å². The average Bonchev–Trinajstić information content (AvgIpc) is 3.19. The van der Waals surface area contributed by atoms with Gasteiger partial charge in [-0.15, -0.1) is 0 Å². The summed E-state index contributed by atoms with van der Waals surface area (Å²) in [6.45, 7) is 3.71. The number of benzene rings is 2. The maximum absolute atomic E-state index is 14.7. The van der Waals surface area contributed by atoms with Crippen molar-refractivity contribution in [2.75, 3.05) is 6.54 Å². The second-order valence-corrected chi connectivity index (χ2v) is 7.83. The summed E-state index contributed by atoms with van der Waals surface area (Å²) < 4.78 is 20.8. The first kappa shape index (κ1) is 21.4. The molecule has 1 N–H and O–H groups in total. The number of hydrogen-bond acceptors (Lipinski definition) is 4. The smallest absolute Gasteiger partial charge is 0.244 e. The number of pyridine rings is 1. The maximum Gasteiger partial charge on any atom is 0.244 e. The third kappa shape index (κ3) is 4.75. The van der Waals surface area contributed by atoms with E-state index in [-0.39, 0.29) is 17.8 Å². The van der Waals surface area contributed by atoms with Crippen LogP contribution in [0.25, 0.3) is 17.2 Å². The van der Waals surface area contributed by atoms with Crippen LogP contribution in [0, 0.1) is 12.7 Å². The van der Waals surface area contributed by atoms with E-state index in [0.717, 1.165) is 11.1 Å². The van der Waals surface area contributed by atoms with Gasteiger partial charge in [0.1, 0.15) is 17.7 Å². The van der Waals surface area contributed by atoms with Crippen molar-refractivity contribution < 1.29 is 18.7 Å². The topological polar surface area (TPSA) is 68.3 Å². The Hall–Kier alpha value is -3.80. The summed E-state index contributed by atoms with van der Waals surface area (Å²) in [5.41, 5.74) is 4.01. The van der Waals surface area contributed by atoms with Gasteiger partial charge in [-0.3, -0.25) is 14.6 Å². The molecular formula is C26H23FN2O3. The van der Waals surface area contributed by atoms with Gasteiger partial charge in [0, 0.05) is 35.4 Å². The van der Waals surface area contributed by atoms with Gasteiger partial charge < -0.3 is 10.1 Å². The highest BCUT2D eigenvalue weighted by atomic mass is 19.1. The number of halogens is 1. The van der Waals surface area contributed by atoms with Crippen molar-refractivity contribution in [3.63, 3.8) is 0 Å². The number of carbonyl (C=O) groups excluding carboxylic acids is 2. The molecule has 0 spiro atoms. The van der Waals surface area contributed by atoms with Crippen molar-refractivity contribution in [3.8, 4) is 16.9 Å². The summed E-state index contributed by atoms with van der Waals surface area (Å²) in [5.74, 6) is -0.191. The predicted octanol–water partition coefficient (Wildman–Crippen LogP) is 4.53. The number of fused-ring (bicyclic) bond motifs is 1. The van der Waals surface area contributed by atoms with Crippen LogP contribution < -0.4 is 10.1 Å². The SMILES string of the molecule is CC(=O)c1ccc(F)c(-c2cc(C)cc3c2O[C@H](CNC(=O)/C=C/c2ccccn2)C3)c1. The van der Waals surface area contributed by atoms with E-state index in [1.807, 2.05) is 37.3 Å². The fourth-order valence-corrected chi connectivity index (χ4v) is 3.77. The van der Waals surface area contributed by atoms with E-state index < -0.39 is 5.82 Å². The molecule has 32 heavy (non-hydrogen) atoms. The van der Waals surface area contributed by atoms with Gasteiger partial charge in [0.15, 0.2) is 5.78 Å². The van der Waals surface area contributed by atoms with Crippen molar-refractivity contribution >= 4 is 17.8 Å². The highest BCUT2D eigenvalue weighted by molar-refractivity contribution is 5.95. The monoisotopic (exact) mass is 430 g/mol. The van der Waals surface area contributed by atoms with Crippen LogP contribution in [0.5, 0.6) is 5.75 Å². The summed E-state index contributed by atoms with van der Waals surface area (Å²) in [6, 6.07) is 13.7. The van der Waals surface area contributed by atoms with E-state index in [1.54, 1.807) is 18.3 Å². The minimum Gasteiger partial charge on any atom is -0.487 e. The number of rotatable bonds is 6. The van der Waals surface area contributed by atoms with E-state index in [0.29, 0.717) is 41.1 Å². The maximum atomic E-state index is 14.7. The lowest BCUT2D eigenvalue weighted by molar-refractivity contribution is -0.116. The number of amides is 1. The van der Waals surface area contributed by atoms with Gasteiger partial charge in [-0.25, -0.2) is 4.39 Å². The Balaban J connectivity index is 1.49. The molecule has 0 fully saturated rings. The third-order valence-electron chi connectivity index (χ3n) is 5.30. The molecule has 0 radical (unpaired) electrons. The molecule has 0 bridgehead atoms. The molecule has 6 heteroatoms. The first-order valence-corrected chi connectivity index (χ1v) is 10.4. The van der Waals surface area contributed by atoms with E-state index >= 15 is 0 Å². The Morgan fingerprint density at radius 1 is 1.19 bits per heavy atom. The predicted molar refractivity (Wildman–Crippen MR) is 121 cm³/mol. The zero-order chi connectivity index (χ0) is 22.7. The minimum absolute atomic E-state index is 0.129. The lowest BCUT2D eigenvalue weighted by Crippen LogP contribution is -2.33. The number of nitrogens with one attached hydrogen (secondary N) is 1. The number of carbonyl (C=O) groups is 2. The van der Waals surface area contributed by atoms with Gasteiger partial charge in [-0.2, -0.15) is 0 Å². The lowest BCUT2D eigenvalue weighted by atomic mass is 9.95. The summed E-state index contributed by atoms with van der Waals surface area (Å²) in [4.78, 5) is 28.1. The Morgan fingerprint density at radius 3 is 2.78 bits per heavy atom. The number of ketones is 1. The standard InChI is InChI=1S/C26H23FN2O3/c1-16-11-19-13-21(15-29-25(31)9-7-20-5-3-4-10-28-20)32-26(19)23(12-16)22-14-18(17(2)30)6-8-24(22)27/h3-12,14,21H,13,15H2,1-2H3,(H,29,31)/b9-7+/t21-/m0/s1. The largest absolute Gasteiger partial charge is 0.487 e. The molecule has 0 saturated carbocycles. The molecular weight excluding hydrogens is 407 g/mol. The first-order chi connectivity index (χ1) is 15.4. The van der Waals surface area contributed by atoms with Crippen LogP contribution in [-0.4, -0.2) is 29.3 Å². The second-order valence-electron chi connectivity index (χ2n) is 7.83. The molecule has 4 rings (SSSR count). The molecule has 162 valence electrons. The number of Topliss-reactive ketones (excluding diaryl/α,β-unsaturated/α-hetero) is 1. The first-order valence-electron chi connectivity index (χ1n) is 10.4. The number of aryl methyl sites for hydroxylation is 1. The van der Waals surface area contributed by atoms with Gasteiger partial charge in [0.05, 0.1) is 12.2 Å². The quantitative estimate of drug-likeness (QED) is 0.461. The molecule has 1 aliphatic heterocycles. The number of hydrogen-bond donors (Lipinski definition) is 1.